The van der Waals surface area contributed by atoms with E-state index in [4.69, 9.17) is 4.52 Å². The Morgan fingerprint density at radius 1 is 1.00 bits per heavy atom. The maximum absolute atomic E-state index is 13.0. The van der Waals surface area contributed by atoms with Crippen molar-refractivity contribution >= 4 is 23.6 Å². The van der Waals surface area contributed by atoms with Gasteiger partial charge < -0.3 is 30.9 Å². The third-order valence-electron chi connectivity index (χ3n) is 6.20. The number of aliphatic hydroxyl groups is 1. The molecule has 1 aliphatic heterocycles. The molecule has 2 heterocycles. The number of carbonyl (C=O) groups is 4. The van der Waals surface area contributed by atoms with Crippen molar-refractivity contribution in [2.24, 2.45) is 5.92 Å². The molecule has 2 aromatic rings. The van der Waals surface area contributed by atoms with E-state index in [1.54, 1.807) is 0 Å². The van der Waals surface area contributed by atoms with Crippen LogP contribution in [0.5, 0.6) is 0 Å². The number of aromatic nitrogens is 1. The van der Waals surface area contributed by atoms with E-state index in [9.17, 15) is 24.3 Å². The molecule has 12 nitrogen and oxygen atoms in total. The lowest BCUT2D eigenvalue weighted by Crippen LogP contribution is -2.58. The Labute approximate surface area is 221 Å². The first-order chi connectivity index (χ1) is 18.0. The molecule has 1 aromatic heterocycles. The van der Waals surface area contributed by atoms with Crippen molar-refractivity contribution in [2.75, 3.05) is 13.1 Å². The molecule has 0 saturated carbocycles. The average Bonchev–Trinajstić information content (AvgIpc) is 3.33. The molecule has 5 N–H and O–H groups in total. The first-order valence-electron chi connectivity index (χ1n) is 12.6. The van der Waals surface area contributed by atoms with Crippen LogP contribution in [-0.2, 0) is 27.5 Å². The maximum atomic E-state index is 13.0. The number of carbonyl (C=O) groups excluding carboxylic acids is 4. The fourth-order valence-corrected chi connectivity index (χ4v) is 4.02. The molecule has 12 heteroatoms. The molecular formula is C26H36N6O6. The van der Waals surface area contributed by atoms with Gasteiger partial charge in [-0.3, -0.25) is 24.1 Å². The third-order valence-corrected chi connectivity index (χ3v) is 6.20. The van der Waals surface area contributed by atoms with Crippen molar-refractivity contribution < 1.29 is 28.8 Å². The zero-order chi connectivity index (χ0) is 27.8. The highest BCUT2D eigenvalue weighted by Crippen LogP contribution is 2.12. The Balaban J connectivity index is 1.89. The van der Waals surface area contributed by atoms with Crippen LogP contribution in [0.25, 0.3) is 0 Å². The summed E-state index contributed by atoms with van der Waals surface area (Å²) in [5.41, 5.74) is 0.989. The molecule has 206 valence electrons. The molecule has 1 aromatic carbocycles. The second-order valence-corrected chi connectivity index (χ2v) is 9.82. The van der Waals surface area contributed by atoms with E-state index in [2.05, 4.69) is 26.4 Å². The average molecular weight is 529 g/mol. The van der Waals surface area contributed by atoms with Crippen LogP contribution < -0.4 is 21.3 Å². The predicted octanol–water partition coefficient (Wildman–Crippen LogP) is -0.0687. The molecule has 0 unspecified atom stereocenters. The van der Waals surface area contributed by atoms with Gasteiger partial charge in [0.1, 0.15) is 18.1 Å². The number of hydrogen-bond donors (Lipinski definition) is 5. The highest BCUT2D eigenvalue weighted by molar-refractivity contribution is 5.97. The summed E-state index contributed by atoms with van der Waals surface area (Å²) in [6, 6.07) is 8.01. The summed E-state index contributed by atoms with van der Waals surface area (Å²) < 4.78 is 5.38. The lowest BCUT2D eigenvalue weighted by Gasteiger charge is -2.26. The minimum Gasteiger partial charge on any atom is -0.391 e. The second-order valence-electron chi connectivity index (χ2n) is 9.82. The number of hydrogen-bond acceptors (Lipinski definition) is 8. The second kappa shape index (κ2) is 13.2. The van der Waals surface area contributed by atoms with Crippen LogP contribution >= 0.6 is 0 Å². The minimum absolute atomic E-state index is 0.0573. The summed E-state index contributed by atoms with van der Waals surface area (Å²) in [5, 5.41) is 24.5. The molecule has 1 aliphatic rings. The Morgan fingerprint density at radius 2 is 1.71 bits per heavy atom. The normalized spacial score (nSPS) is 23.5. The number of benzene rings is 1. The summed E-state index contributed by atoms with van der Waals surface area (Å²) in [7, 11) is 0. The van der Waals surface area contributed by atoms with E-state index in [1.165, 1.54) is 19.9 Å². The van der Waals surface area contributed by atoms with Crippen LogP contribution in [0, 0.1) is 5.92 Å². The van der Waals surface area contributed by atoms with Crippen LogP contribution in [0.15, 0.2) is 40.9 Å². The minimum atomic E-state index is -1.35. The Morgan fingerprint density at radius 3 is 2.37 bits per heavy atom. The number of amides is 4. The van der Waals surface area contributed by atoms with Crippen molar-refractivity contribution in [2.45, 2.75) is 65.0 Å². The smallest absolute Gasteiger partial charge is 0.274 e. The predicted molar refractivity (Wildman–Crippen MR) is 137 cm³/mol. The number of aliphatic hydroxyl groups excluding tert-OH is 1. The van der Waals surface area contributed by atoms with Gasteiger partial charge in [0.05, 0.1) is 12.6 Å². The first kappa shape index (κ1) is 28.8. The van der Waals surface area contributed by atoms with Crippen LogP contribution in [-0.4, -0.2) is 76.1 Å². The van der Waals surface area contributed by atoms with Gasteiger partial charge in [0, 0.05) is 25.7 Å². The number of nitrogens with one attached hydrogen (secondary N) is 4. The quantitative estimate of drug-likeness (QED) is 0.368. The van der Waals surface area contributed by atoms with Crippen molar-refractivity contribution in [1.29, 1.82) is 0 Å². The van der Waals surface area contributed by atoms with Crippen molar-refractivity contribution in [1.82, 2.24) is 31.3 Å². The molecular weight excluding hydrogens is 492 g/mol. The molecule has 2 bridgehead atoms. The molecule has 4 atom stereocenters. The molecule has 0 aliphatic carbocycles. The van der Waals surface area contributed by atoms with Gasteiger partial charge in [-0.25, -0.2) is 0 Å². The van der Waals surface area contributed by atoms with Gasteiger partial charge in [-0.1, -0.05) is 49.3 Å². The third kappa shape index (κ3) is 7.86. The lowest BCUT2D eigenvalue weighted by molar-refractivity contribution is -0.133. The van der Waals surface area contributed by atoms with E-state index in [-0.39, 0.29) is 17.5 Å². The number of nitrogens with zero attached hydrogens (tertiary/aromatic N) is 2. The van der Waals surface area contributed by atoms with E-state index >= 15 is 0 Å². The first-order valence-corrected chi connectivity index (χ1v) is 12.6. The summed E-state index contributed by atoms with van der Waals surface area (Å²) in [6.07, 6.45) is -1.26. The van der Waals surface area contributed by atoms with Gasteiger partial charge >= 0.3 is 0 Å². The van der Waals surface area contributed by atoms with Gasteiger partial charge in [0.15, 0.2) is 11.5 Å². The monoisotopic (exact) mass is 528 g/mol. The van der Waals surface area contributed by atoms with E-state index in [0.29, 0.717) is 31.9 Å². The Bertz CT molecular complexity index is 1120. The Kier molecular flexibility index (Phi) is 9.97. The van der Waals surface area contributed by atoms with Crippen molar-refractivity contribution in [3.05, 3.63) is 53.4 Å². The fraction of sp³-hybridized carbons (Fsp3) is 0.500. The lowest BCUT2D eigenvalue weighted by atomic mass is 10.0. The van der Waals surface area contributed by atoms with Crippen LogP contribution in [0.2, 0.25) is 0 Å². The SMILES string of the molecule is CC(C)[C@@H]1NC(=O)[C@H](C)NC(=O)[C@H]([C@@H](C)O)NC(=O)c2cc(on2)CN(Cc2ccccc2)CCNC1=O. The molecule has 3 rings (SSSR count). The number of rotatable bonds is 4. The maximum Gasteiger partial charge on any atom is 0.274 e. The van der Waals surface area contributed by atoms with E-state index in [1.807, 2.05) is 49.1 Å². The topological polar surface area (TPSA) is 166 Å². The zero-order valence-electron chi connectivity index (χ0n) is 22.1. The van der Waals surface area contributed by atoms with Gasteiger partial charge in [0.2, 0.25) is 17.7 Å². The molecule has 0 spiro atoms. The highest BCUT2D eigenvalue weighted by Gasteiger charge is 2.31. The molecule has 4 amide bonds. The molecule has 0 radical (unpaired) electrons. The zero-order valence-corrected chi connectivity index (χ0v) is 22.1. The van der Waals surface area contributed by atoms with Gasteiger partial charge in [-0.15, -0.1) is 0 Å². The van der Waals surface area contributed by atoms with Crippen LogP contribution in [0.3, 0.4) is 0 Å². The van der Waals surface area contributed by atoms with Gasteiger partial charge in [-0.05, 0) is 25.3 Å². The Hall–Kier alpha value is -3.77. The summed E-state index contributed by atoms with van der Waals surface area (Å²) in [6.45, 7) is 8.01. The van der Waals surface area contributed by atoms with Crippen LogP contribution in [0.4, 0.5) is 0 Å². The number of fused-ring (bicyclic) bond motifs is 2. The molecule has 0 saturated heterocycles. The molecule has 0 fully saturated rings. The summed E-state index contributed by atoms with van der Waals surface area (Å²) >= 11 is 0. The van der Waals surface area contributed by atoms with Crippen molar-refractivity contribution in [3.8, 4) is 0 Å². The van der Waals surface area contributed by atoms with Gasteiger partial charge in [0.25, 0.3) is 5.91 Å². The van der Waals surface area contributed by atoms with Gasteiger partial charge in [-0.2, -0.15) is 0 Å². The highest BCUT2D eigenvalue weighted by atomic mass is 16.5. The largest absolute Gasteiger partial charge is 0.391 e. The van der Waals surface area contributed by atoms with Crippen LogP contribution in [0.1, 0.15) is 49.5 Å². The van der Waals surface area contributed by atoms with E-state index < -0.39 is 42.0 Å². The fourth-order valence-electron chi connectivity index (χ4n) is 4.02. The standard InChI is InChI=1S/C26H36N6O6/c1-15(2)21-25(36)27-10-11-32(13-18-8-6-5-7-9-18)14-19-12-20(31-38-19)24(35)30-22(17(4)33)26(37)28-16(3)23(34)29-21/h5-9,12,15-17,21-22,33H,10-11,13-14H2,1-4H3,(H,27,36)(H,28,37)(H,29,34)(H,30,35)/t16-,17+,21-,22-/m0/s1. The van der Waals surface area contributed by atoms with E-state index in [0.717, 1.165) is 5.56 Å². The molecule has 38 heavy (non-hydrogen) atoms. The summed E-state index contributed by atoms with van der Waals surface area (Å²) in [5.74, 6) is -2.19. The summed E-state index contributed by atoms with van der Waals surface area (Å²) in [4.78, 5) is 53.4. The van der Waals surface area contributed by atoms with Crippen molar-refractivity contribution in [3.63, 3.8) is 0 Å².